The summed E-state index contributed by atoms with van der Waals surface area (Å²) in [6.07, 6.45) is 2.08. The second kappa shape index (κ2) is 6.41. The standard InChI is InChI=1S/C15H20N2O3/c1-3-20-15(19)16-12-8-7-11(2)13(10-12)17-9-5-4-6-14(17)18/h7-8,10H,3-6,9H2,1-2H3,(H,16,19). The van der Waals surface area contributed by atoms with Gasteiger partial charge in [-0.2, -0.15) is 0 Å². The maximum Gasteiger partial charge on any atom is 0.411 e. The van der Waals surface area contributed by atoms with E-state index in [0.29, 0.717) is 18.7 Å². The van der Waals surface area contributed by atoms with Crippen molar-refractivity contribution in [3.63, 3.8) is 0 Å². The zero-order chi connectivity index (χ0) is 14.5. The van der Waals surface area contributed by atoms with Gasteiger partial charge in [-0.25, -0.2) is 4.79 Å². The Hall–Kier alpha value is -2.04. The zero-order valence-corrected chi connectivity index (χ0v) is 11.9. The molecule has 2 amide bonds. The van der Waals surface area contributed by atoms with Gasteiger partial charge in [0.2, 0.25) is 5.91 Å². The number of carbonyl (C=O) groups excluding carboxylic acids is 2. The van der Waals surface area contributed by atoms with E-state index < -0.39 is 6.09 Å². The zero-order valence-electron chi connectivity index (χ0n) is 11.9. The van der Waals surface area contributed by atoms with Crippen LogP contribution in [0.5, 0.6) is 0 Å². The Labute approximate surface area is 118 Å². The van der Waals surface area contributed by atoms with Gasteiger partial charge in [0.25, 0.3) is 0 Å². The highest BCUT2D eigenvalue weighted by Crippen LogP contribution is 2.27. The average Bonchev–Trinajstić information content (AvgIpc) is 2.42. The van der Waals surface area contributed by atoms with E-state index in [-0.39, 0.29) is 5.91 Å². The number of hydrogen-bond acceptors (Lipinski definition) is 3. The Morgan fingerprint density at radius 3 is 2.90 bits per heavy atom. The Bertz CT molecular complexity index is 514. The molecule has 0 bridgehead atoms. The molecule has 1 saturated heterocycles. The number of amides is 2. The molecule has 20 heavy (non-hydrogen) atoms. The van der Waals surface area contributed by atoms with Crippen molar-refractivity contribution in [1.29, 1.82) is 0 Å². The minimum Gasteiger partial charge on any atom is -0.450 e. The molecule has 1 aromatic carbocycles. The molecule has 0 aliphatic carbocycles. The van der Waals surface area contributed by atoms with Gasteiger partial charge in [0.15, 0.2) is 0 Å². The molecule has 0 aromatic heterocycles. The number of benzene rings is 1. The molecule has 1 N–H and O–H groups in total. The highest BCUT2D eigenvalue weighted by atomic mass is 16.5. The summed E-state index contributed by atoms with van der Waals surface area (Å²) in [6.45, 7) is 4.79. The predicted octanol–water partition coefficient (Wildman–Crippen LogP) is 3.08. The lowest BCUT2D eigenvalue weighted by Gasteiger charge is -2.28. The Kier molecular flexibility index (Phi) is 4.61. The Balaban J connectivity index is 2.20. The van der Waals surface area contributed by atoms with Gasteiger partial charge >= 0.3 is 6.09 Å². The molecule has 1 heterocycles. The first-order chi connectivity index (χ1) is 9.61. The molecule has 1 aromatic rings. The van der Waals surface area contributed by atoms with Crippen LogP contribution in [-0.2, 0) is 9.53 Å². The van der Waals surface area contributed by atoms with Gasteiger partial charge < -0.3 is 9.64 Å². The van der Waals surface area contributed by atoms with Crippen molar-refractivity contribution in [2.45, 2.75) is 33.1 Å². The van der Waals surface area contributed by atoms with Crippen molar-refractivity contribution < 1.29 is 14.3 Å². The molecule has 0 radical (unpaired) electrons. The second-order valence-corrected chi connectivity index (χ2v) is 4.85. The topological polar surface area (TPSA) is 58.6 Å². The van der Waals surface area contributed by atoms with Crippen LogP contribution < -0.4 is 10.2 Å². The van der Waals surface area contributed by atoms with Crippen molar-refractivity contribution >= 4 is 23.4 Å². The molecule has 0 spiro atoms. The molecule has 0 atom stereocenters. The minimum absolute atomic E-state index is 0.146. The van der Waals surface area contributed by atoms with E-state index in [0.717, 1.165) is 30.6 Å². The first kappa shape index (κ1) is 14.4. The minimum atomic E-state index is -0.479. The van der Waals surface area contributed by atoms with Gasteiger partial charge in [-0.05, 0) is 44.4 Å². The number of hydrogen-bond donors (Lipinski definition) is 1. The number of anilines is 2. The Morgan fingerprint density at radius 1 is 1.40 bits per heavy atom. The average molecular weight is 276 g/mol. The van der Waals surface area contributed by atoms with Crippen LogP contribution in [-0.4, -0.2) is 25.2 Å². The van der Waals surface area contributed by atoms with Gasteiger partial charge in [-0.3, -0.25) is 10.1 Å². The summed E-state index contributed by atoms with van der Waals surface area (Å²) >= 11 is 0. The molecule has 0 saturated carbocycles. The lowest BCUT2D eigenvalue weighted by atomic mass is 10.1. The fourth-order valence-electron chi connectivity index (χ4n) is 2.32. The summed E-state index contributed by atoms with van der Waals surface area (Å²) in [5.41, 5.74) is 2.53. The fraction of sp³-hybridized carbons (Fsp3) is 0.467. The van der Waals surface area contributed by atoms with Crippen molar-refractivity contribution in [3.05, 3.63) is 23.8 Å². The number of nitrogens with one attached hydrogen (secondary N) is 1. The lowest BCUT2D eigenvalue weighted by Crippen LogP contribution is -2.35. The molecule has 2 rings (SSSR count). The monoisotopic (exact) mass is 276 g/mol. The molecule has 1 aliphatic rings. The lowest BCUT2D eigenvalue weighted by molar-refractivity contribution is -0.119. The van der Waals surface area contributed by atoms with Gasteiger partial charge in [0.1, 0.15) is 0 Å². The van der Waals surface area contributed by atoms with Crippen LogP contribution in [0.25, 0.3) is 0 Å². The van der Waals surface area contributed by atoms with E-state index in [9.17, 15) is 9.59 Å². The summed E-state index contributed by atoms with van der Waals surface area (Å²) in [7, 11) is 0. The number of aryl methyl sites for hydroxylation is 1. The third-order valence-corrected chi connectivity index (χ3v) is 3.35. The van der Waals surface area contributed by atoms with Crippen LogP contribution >= 0.6 is 0 Å². The fourth-order valence-corrected chi connectivity index (χ4v) is 2.32. The van der Waals surface area contributed by atoms with E-state index in [2.05, 4.69) is 5.32 Å². The quantitative estimate of drug-likeness (QED) is 0.923. The van der Waals surface area contributed by atoms with Crippen molar-refractivity contribution in [1.82, 2.24) is 0 Å². The van der Waals surface area contributed by atoms with E-state index in [1.807, 2.05) is 25.1 Å². The normalized spacial score (nSPS) is 15.1. The van der Waals surface area contributed by atoms with Gasteiger partial charge in [0.05, 0.1) is 6.61 Å². The second-order valence-electron chi connectivity index (χ2n) is 4.85. The highest BCUT2D eigenvalue weighted by Gasteiger charge is 2.21. The number of nitrogens with zero attached hydrogens (tertiary/aromatic N) is 1. The van der Waals surface area contributed by atoms with Gasteiger partial charge in [-0.15, -0.1) is 0 Å². The number of piperidine rings is 1. The third-order valence-electron chi connectivity index (χ3n) is 3.35. The predicted molar refractivity (Wildman–Crippen MR) is 78.0 cm³/mol. The van der Waals surface area contributed by atoms with Crippen LogP contribution in [0.4, 0.5) is 16.2 Å². The molecular weight excluding hydrogens is 256 g/mol. The number of ether oxygens (including phenoxy) is 1. The first-order valence-electron chi connectivity index (χ1n) is 6.96. The molecule has 5 nitrogen and oxygen atoms in total. The molecule has 1 fully saturated rings. The van der Waals surface area contributed by atoms with Crippen LogP contribution in [0.3, 0.4) is 0 Å². The summed E-state index contributed by atoms with van der Waals surface area (Å²) < 4.78 is 4.85. The molecule has 5 heteroatoms. The smallest absolute Gasteiger partial charge is 0.411 e. The molecular formula is C15H20N2O3. The SMILES string of the molecule is CCOC(=O)Nc1ccc(C)c(N2CCCCC2=O)c1. The maximum absolute atomic E-state index is 12.0. The highest BCUT2D eigenvalue weighted by molar-refractivity contribution is 5.96. The van der Waals surface area contributed by atoms with Crippen LogP contribution in [0.15, 0.2) is 18.2 Å². The van der Waals surface area contributed by atoms with Gasteiger partial charge in [-0.1, -0.05) is 6.07 Å². The van der Waals surface area contributed by atoms with Gasteiger partial charge in [0, 0.05) is 24.3 Å². The summed E-state index contributed by atoms with van der Waals surface area (Å²) in [4.78, 5) is 25.2. The summed E-state index contributed by atoms with van der Waals surface area (Å²) in [5, 5.41) is 2.67. The van der Waals surface area contributed by atoms with Crippen molar-refractivity contribution in [3.8, 4) is 0 Å². The van der Waals surface area contributed by atoms with Crippen LogP contribution in [0.2, 0.25) is 0 Å². The molecule has 0 unspecified atom stereocenters. The first-order valence-corrected chi connectivity index (χ1v) is 6.96. The third kappa shape index (κ3) is 3.29. The van der Waals surface area contributed by atoms with Crippen LogP contribution in [0.1, 0.15) is 31.7 Å². The van der Waals surface area contributed by atoms with E-state index >= 15 is 0 Å². The van der Waals surface area contributed by atoms with Crippen molar-refractivity contribution in [2.75, 3.05) is 23.4 Å². The largest absolute Gasteiger partial charge is 0.450 e. The number of rotatable bonds is 3. The maximum atomic E-state index is 12.0. The molecule has 108 valence electrons. The Morgan fingerprint density at radius 2 is 2.20 bits per heavy atom. The van der Waals surface area contributed by atoms with E-state index in [1.165, 1.54) is 0 Å². The number of carbonyl (C=O) groups is 2. The van der Waals surface area contributed by atoms with E-state index in [1.54, 1.807) is 11.8 Å². The molecule has 1 aliphatic heterocycles. The van der Waals surface area contributed by atoms with Crippen molar-refractivity contribution in [2.24, 2.45) is 0 Å². The summed E-state index contributed by atoms with van der Waals surface area (Å²) in [5.74, 6) is 0.146. The van der Waals surface area contributed by atoms with E-state index in [4.69, 9.17) is 4.74 Å². The summed E-state index contributed by atoms with van der Waals surface area (Å²) in [6, 6.07) is 5.54. The van der Waals surface area contributed by atoms with Crippen LogP contribution in [0, 0.1) is 6.92 Å².